The first kappa shape index (κ1) is 13.5. The molecule has 5 heteroatoms. The van der Waals surface area contributed by atoms with Crippen LogP contribution in [0.5, 0.6) is 0 Å². The number of carbonyl (C=O) groups is 1. The maximum absolute atomic E-state index is 12.2. The number of nitrogens with one attached hydrogen (secondary N) is 1. The summed E-state index contributed by atoms with van der Waals surface area (Å²) in [5.41, 5.74) is 0.590. The lowest BCUT2D eigenvalue weighted by Crippen LogP contribution is -2.36. The van der Waals surface area contributed by atoms with Crippen molar-refractivity contribution < 1.29 is 9.72 Å². The molecule has 0 spiro atoms. The molecular weight excluding hydrogens is 244 g/mol. The fourth-order valence-corrected chi connectivity index (χ4v) is 2.59. The maximum Gasteiger partial charge on any atom is 0.285 e. The zero-order valence-corrected chi connectivity index (χ0v) is 11.0. The Hall–Kier alpha value is -1.91. The molecule has 102 valence electrons. The van der Waals surface area contributed by atoms with Crippen molar-refractivity contribution in [2.75, 3.05) is 0 Å². The number of para-hydroxylation sites is 1. The molecule has 1 aliphatic carbocycles. The van der Waals surface area contributed by atoms with Gasteiger partial charge in [0.25, 0.3) is 11.6 Å². The normalized spacial score (nSPS) is 16.1. The van der Waals surface area contributed by atoms with Crippen LogP contribution in [0.15, 0.2) is 18.2 Å². The van der Waals surface area contributed by atoms with Gasteiger partial charge in [0.05, 0.1) is 4.92 Å². The van der Waals surface area contributed by atoms with Crippen LogP contribution in [0.1, 0.15) is 48.0 Å². The smallest absolute Gasteiger partial charge is 0.285 e. The van der Waals surface area contributed by atoms with Crippen LogP contribution in [-0.4, -0.2) is 16.9 Å². The van der Waals surface area contributed by atoms with Gasteiger partial charge in [-0.25, -0.2) is 0 Å². The number of nitrogens with zero attached hydrogens (tertiary/aromatic N) is 1. The van der Waals surface area contributed by atoms with Crippen LogP contribution in [0.25, 0.3) is 0 Å². The van der Waals surface area contributed by atoms with Crippen LogP contribution in [0.2, 0.25) is 0 Å². The highest BCUT2D eigenvalue weighted by Gasteiger charge is 2.24. The molecule has 0 bridgehead atoms. The van der Waals surface area contributed by atoms with Gasteiger partial charge in [-0.3, -0.25) is 14.9 Å². The van der Waals surface area contributed by atoms with E-state index < -0.39 is 4.92 Å². The molecule has 0 aliphatic heterocycles. The number of carbonyl (C=O) groups excluding carboxylic acids is 1. The fraction of sp³-hybridized carbons (Fsp3) is 0.500. The second-order valence-corrected chi connectivity index (χ2v) is 5.04. The molecular formula is C14H18N2O3. The molecule has 1 fully saturated rings. The van der Waals surface area contributed by atoms with Gasteiger partial charge in [-0.15, -0.1) is 0 Å². The van der Waals surface area contributed by atoms with Gasteiger partial charge in [-0.1, -0.05) is 31.4 Å². The van der Waals surface area contributed by atoms with E-state index in [0.29, 0.717) is 5.56 Å². The Kier molecular flexibility index (Phi) is 4.14. The third-order valence-electron chi connectivity index (χ3n) is 3.61. The number of nitro benzene ring substituents is 1. The lowest BCUT2D eigenvalue weighted by atomic mass is 9.95. The maximum atomic E-state index is 12.2. The van der Waals surface area contributed by atoms with Crippen LogP contribution in [-0.2, 0) is 0 Å². The van der Waals surface area contributed by atoms with E-state index in [-0.39, 0.29) is 23.2 Å². The van der Waals surface area contributed by atoms with Gasteiger partial charge in [0.2, 0.25) is 0 Å². The highest BCUT2D eigenvalue weighted by molar-refractivity contribution is 5.98. The van der Waals surface area contributed by atoms with Crippen molar-refractivity contribution in [1.82, 2.24) is 5.32 Å². The Morgan fingerprint density at radius 1 is 1.32 bits per heavy atom. The summed E-state index contributed by atoms with van der Waals surface area (Å²) in [7, 11) is 0. The average molecular weight is 262 g/mol. The lowest BCUT2D eigenvalue weighted by Gasteiger charge is -2.22. The van der Waals surface area contributed by atoms with E-state index in [4.69, 9.17) is 0 Å². The molecule has 5 nitrogen and oxygen atoms in total. The van der Waals surface area contributed by atoms with Crippen molar-refractivity contribution >= 4 is 11.6 Å². The Labute approximate surface area is 112 Å². The largest absolute Gasteiger partial charge is 0.349 e. The summed E-state index contributed by atoms with van der Waals surface area (Å²) in [5, 5.41) is 14.0. The summed E-state index contributed by atoms with van der Waals surface area (Å²) in [6.07, 6.45) is 5.36. The van der Waals surface area contributed by atoms with Crippen LogP contribution in [0, 0.1) is 17.0 Å². The number of hydrogen-bond donors (Lipinski definition) is 1. The first-order valence-corrected chi connectivity index (χ1v) is 6.64. The van der Waals surface area contributed by atoms with Gasteiger partial charge in [0, 0.05) is 11.6 Å². The number of rotatable bonds is 3. The molecule has 1 amide bonds. The highest BCUT2D eigenvalue weighted by Crippen LogP contribution is 2.24. The van der Waals surface area contributed by atoms with E-state index in [1.165, 1.54) is 12.5 Å². The Balaban J connectivity index is 2.18. The summed E-state index contributed by atoms with van der Waals surface area (Å²) >= 11 is 0. The monoisotopic (exact) mass is 262 g/mol. The zero-order chi connectivity index (χ0) is 13.8. The Bertz CT molecular complexity index is 493. The molecule has 0 aromatic heterocycles. The van der Waals surface area contributed by atoms with Crippen LogP contribution >= 0.6 is 0 Å². The van der Waals surface area contributed by atoms with E-state index in [0.717, 1.165) is 25.7 Å². The van der Waals surface area contributed by atoms with Crippen molar-refractivity contribution in [3.8, 4) is 0 Å². The highest BCUT2D eigenvalue weighted by atomic mass is 16.6. The van der Waals surface area contributed by atoms with Crippen LogP contribution in [0.3, 0.4) is 0 Å². The summed E-state index contributed by atoms with van der Waals surface area (Å²) in [6.45, 7) is 1.65. The minimum atomic E-state index is -0.481. The summed E-state index contributed by atoms with van der Waals surface area (Å²) in [6, 6.07) is 5.00. The van der Waals surface area contributed by atoms with E-state index in [1.54, 1.807) is 19.1 Å². The molecule has 1 saturated carbocycles. The van der Waals surface area contributed by atoms with Gasteiger partial charge in [-0.05, 0) is 25.8 Å². The summed E-state index contributed by atoms with van der Waals surface area (Å²) in [5.74, 6) is -0.331. The fourth-order valence-electron chi connectivity index (χ4n) is 2.59. The zero-order valence-electron chi connectivity index (χ0n) is 11.0. The van der Waals surface area contributed by atoms with Crippen LogP contribution < -0.4 is 5.32 Å². The summed E-state index contributed by atoms with van der Waals surface area (Å²) < 4.78 is 0. The molecule has 1 aliphatic rings. The number of aryl methyl sites for hydroxylation is 1. The topological polar surface area (TPSA) is 72.2 Å². The number of nitro groups is 1. The first-order chi connectivity index (χ1) is 9.09. The van der Waals surface area contributed by atoms with E-state index in [9.17, 15) is 14.9 Å². The molecule has 0 radical (unpaired) electrons. The minimum Gasteiger partial charge on any atom is -0.349 e. The standard InChI is InChI=1S/C14H18N2O3/c1-10-6-5-9-12(13(10)16(18)19)14(17)15-11-7-3-2-4-8-11/h5-6,9,11H,2-4,7-8H2,1H3,(H,15,17). The molecule has 0 heterocycles. The predicted octanol–water partition coefficient (Wildman–Crippen LogP) is 2.97. The molecule has 2 rings (SSSR count). The minimum absolute atomic E-state index is 0.0872. The van der Waals surface area contributed by atoms with Crippen molar-refractivity contribution in [2.45, 2.75) is 45.1 Å². The van der Waals surface area contributed by atoms with Crippen molar-refractivity contribution in [3.05, 3.63) is 39.4 Å². The molecule has 19 heavy (non-hydrogen) atoms. The summed E-state index contributed by atoms with van der Waals surface area (Å²) in [4.78, 5) is 22.8. The van der Waals surface area contributed by atoms with Crippen molar-refractivity contribution in [1.29, 1.82) is 0 Å². The Morgan fingerprint density at radius 3 is 2.63 bits per heavy atom. The second-order valence-electron chi connectivity index (χ2n) is 5.04. The van der Waals surface area contributed by atoms with Gasteiger partial charge < -0.3 is 5.32 Å². The van der Waals surface area contributed by atoms with Gasteiger partial charge in [0.15, 0.2) is 0 Å². The number of amides is 1. The number of hydrogen-bond acceptors (Lipinski definition) is 3. The van der Waals surface area contributed by atoms with Gasteiger partial charge in [-0.2, -0.15) is 0 Å². The lowest BCUT2D eigenvalue weighted by molar-refractivity contribution is -0.385. The predicted molar refractivity (Wildman–Crippen MR) is 72.2 cm³/mol. The molecule has 1 N–H and O–H groups in total. The van der Waals surface area contributed by atoms with E-state index >= 15 is 0 Å². The van der Waals surface area contributed by atoms with Crippen molar-refractivity contribution in [2.24, 2.45) is 0 Å². The second kappa shape index (κ2) is 5.82. The average Bonchev–Trinajstić information content (AvgIpc) is 2.39. The molecule has 1 aromatic rings. The number of benzene rings is 1. The molecule has 0 atom stereocenters. The van der Waals surface area contributed by atoms with E-state index in [1.807, 2.05) is 0 Å². The van der Waals surface area contributed by atoms with E-state index in [2.05, 4.69) is 5.32 Å². The molecule has 1 aromatic carbocycles. The molecule has 0 saturated heterocycles. The molecule has 0 unspecified atom stereocenters. The first-order valence-electron chi connectivity index (χ1n) is 6.64. The van der Waals surface area contributed by atoms with Crippen LogP contribution in [0.4, 0.5) is 5.69 Å². The quantitative estimate of drug-likeness (QED) is 0.672. The van der Waals surface area contributed by atoms with Gasteiger partial charge >= 0.3 is 0 Å². The van der Waals surface area contributed by atoms with Crippen molar-refractivity contribution in [3.63, 3.8) is 0 Å². The third kappa shape index (κ3) is 3.10. The Morgan fingerprint density at radius 2 is 2.00 bits per heavy atom. The SMILES string of the molecule is Cc1cccc(C(=O)NC2CCCCC2)c1[N+](=O)[O-]. The third-order valence-corrected chi connectivity index (χ3v) is 3.61. The van der Waals surface area contributed by atoms with Gasteiger partial charge in [0.1, 0.15) is 5.56 Å².